The van der Waals surface area contributed by atoms with Crippen LogP contribution < -0.4 is 15.0 Å². The van der Waals surface area contributed by atoms with Crippen LogP contribution in [0.4, 0.5) is 11.6 Å². The van der Waals surface area contributed by atoms with Gasteiger partial charge in [0.1, 0.15) is 6.33 Å². The molecule has 0 aliphatic carbocycles. The molecule has 0 amide bonds. The number of aromatic nitrogens is 2. The van der Waals surface area contributed by atoms with Crippen LogP contribution in [-0.4, -0.2) is 61.7 Å². The highest BCUT2D eigenvalue weighted by atomic mass is 16.5. The van der Waals surface area contributed by atoms with Gasteiger partial charge in [0, 0.05) is 20.1 Å². The molecule has 1 rings (SSSR count). The minimum Gasteiger partial charge on any atom is -0.490 e. The van der Waals surface area contributed by atoms with Crippen molar-refractivity contribution in [2.45, 2.75) is 27.2 Å². The highest BCUT2D eigenvalue weighted by Gasteiger charge is 2.16. The van der Waals surface area contributed by atoms with E-state index in [1.807, 2.05) is 7.05 Å². The molecule has 1 N–H and O–H groups in total. The van der Waals surface area contributed by atoms with Crippen LogP contribution in [-0.2, 0) is 0 Å². The molecule has 0 radical (unpaired) electrons. The summed E-state index contributed by atoms with van der Waals surface area (Å²) in [6, 6.07) is 0. The van der Waals surface area contributed by atoms with E-state index in [0.717, 1.165) is 50.8 Å². The summed E-state index contributed by atoms with van der Waals surface area (Å²) in [5, 5.41) is 3.05. The van der Waals surface area contributed by atoms with Crippen LogP contribution >= 0.6 is 0 Å². The van der Waals surface area contributed by atoms with E-state index in [9.17, 15) is 0 Å². The van der Waals surface area contributed by atoms with Crippen LogP contribution in [0.25, 0.3) is 0 Å². The maximum absolute atomic E-state index is 5.48. The average Bonchev–Trinajstić information content (AvgIpc) is 2.54. The Labute approximate surface area is 128 Å². The fourth-order valence-electron chi connectivity index (χ4n) is 2.39. The standard InChI is InChI=1S/C15H29N5O/c1-6-19(7-2)10-9-11-20(8-3)15-13(21-5)14(16-4)17-12-18-15/h12H,6-11H2,1-5H3,(H,16,17,18). The predicted molar refractivity (Wildman–Crippen MR) is 88.4 cm³/mol. The van der Waals surface area contributed by atoms with Gasteiger partial charge in [-0.15, -0.1) is 0 Å². The smallest absolute Gasteiger partial charge is 0.204 e. The van der Waals surface area contributed by atoms with E-state index in [2.05, 4.69) is 45.9 Å². The number of ether oxygens (including phenoxy) is 1. The Bertz CT molecular complexity index is 409. The molecular weight excluding hydrogens is 266 g/mol. The van der Waals surface area contributed by atoms with E-state index in [0.29, 0.717) is 5.75 Å². The van der Waals surface area contributed by atoms with Crippen LogP contribution in [0.15, 0.2) is 6.33 Å². The van der Waals surface area contributed by atoms with Crippen molar-refractivity contribution in [3.63, 3.8) is 0 Å². The van der Waals surface area contributed by atoms with Crippen LogP contribution in [0.1, 0.15) is 27.2 Å². The SMILES string of the molecule is CCN(CC)CCCN(CC)c1ncnc(NC)c1OC. The van der Waals surface area contributed by atoms with E-state index in [1.165, 1.54) is 0 Å². The molecule has 0 saturated heterocycles. The summed E-state index contributed by atoms with van der Waals surface area (Å²) in [5.74, 6) is 2.30. The highest BCUT2D eigenvalue weighted by Crippen LogP contribution is 2.31. The maximum Gasteiger partial charge on any atom is 0.204 e. The van der Waals surface area contributed by atoms with Gasteiger partial charge >= 0.3 is 0 Å². The Balaban J connectivity index is 2.76. The molecule has 0 unspecified atom stereocenters. The van der Waals surface area contributed by atoms with Gasteiger partial charge in [-0.2, -0.15) is 0 Å². The molecule has 1 aromatic heterocycles. The van der Waals surface area contributed by atoms with Crippen molar-refractivity contribution in [1.82, 2.24) is 14.9 Å². The third-order valence-corrected chi connectivity index (χ3v) is 3.70. The van der Waals surface area contributed by atoms with E-state index in [-0.39, 0.29) is 0 Å². The minimum absolute atomic E-state index is 0.713. The summed E-state index contributed by atoms with van der Waals surface area (Å²) >= 11 is 0. The van der Waals surface area contributed by atoms with Gasteiger partial charge in [0.05, 0.1) is 7.11 Å². The number of methoxy groups -OCH3 is 1. The van der Waals surface area contributed by atoms with Crippen molar-refractivity contribution in [2.24, 2.45) is 0 Å². The van der Waals surface area contributed by atoms with Crippen molar-refractivity contribution in [2.75, 3.05) is 57.1 Å². The molecule has 0 saturated carbocycles. The minimum atomic E-state index is 0.713. The molecule has 120 valence electrons. The number of hydrogen-bond donors (Lipinski definition) is 1. The largest absolute Gasteiger partial charge is 0.490 e. The number of nitrogens with zero attached hydrogens (tertiary/aromatic N) is 4. The average molecular weight is 295 g/mol. The molecule has 0 aromatic carbocycles. The third kappa shape index (κ3) is 4.74. The zero-order valence-electron chi connectivity index (χ0n) is 14.0. The van der Waals surface area contributed by atoms with Crippen LogP contribution in [0.3, 0.4) is 0 Å². The second kappa shape index (κ2) is 9.39. The van der Waals surface area contributed by atoms with Gasteiger partial charge in [0.15, 0.2) is 11.6 Å². The number of nitrogens with one attached hydrogen (secondary N) is 1. The molecule has 21 heavy (non-hydrogen) atoms. The zero-order chi connectivity index (χ0) is 15.7. The molecule has 0 aliphatic heterocycles. The van der Waals surface area contributed by atoms with E-state index in [1.54, 1.807) is 13.4 Å². The lowest BCUT2D eigenvalue weighted by Crippen LogP contribution is -2.30. The van der Waals surface area contributed by atoms with Crippen molar-refractivity contribution in [3.8, 4) is 5.75 Å². The Morgan fingerprint density at radius 1 is 1.10 bits per heavy atom. The van der Waals surface area contributed by atoms with Crippen molar-refractivity contribution in [3.05, 3.63) is 6.33 Å². The first-order valence-corrected chi connectivity index (χ1v) is 7.75. The molecule has 1 heterocycles. The molecule has 6 nitrogen and oxygen atoms in total. The second-order valence-corrected chi connectivity index (χ2v) is 4.79. The van der Waals surface area contributed by atoms with Crippen LogP contribution in [0.2, 0.25) is 0 Å². The lowest BCUT2D eigenvalue weighted by molar-refractivity contribution is 0.300. The summed E-state index contributed by atoms with van der Waals surface area (Å²) in [5.41, 5.74) is 0. The summed E-state index contributed by atoms with van der Waals surface area (Å²) in [6.07, 6.45) is 2.69. The summed E-state index contributed by atoms with van der Waals surface area (Å²) in [6.45, 7) is 11.7. The lowest BCUT2D eigenvalue weighted by Gasteiger charge is -2.26. The first kappa shape index (κ1) is 17.5. The molecule has 0 atom stereocenters. The Hall–Kier alpha value is -1.56. The maximum atomic E-state index is 5.48. The highest BCUT2D eigenvalue weighted by molar-refractivity contribution is 5.64. The van der Waals surface area contributed by atoms with E-state index in [4.69, 9.17) is 4.74 Å². The molecule has 1 aromatic rings. The van der Waals surface area contributed by atoms with Gasteiger partial charge in [0.2, 0.25) is 5.75 Å². The molecule has 0 aliphatic rings. The summed E-state index contributed by atoms with van der Waals surface area (Å²) in [4.78, 5) is 13.3. The second-order valence-electron chi connectivity index (χ2n) is 4.79. The number of hydrogen-bond acceptors (Lipinski definition) is 6. The number of rotatable bonds is 10. The van der Waals surface area contributed by atoms with Gasteiger partial charge in [-0.1, -0.05) is 13.8 Å². The van der Waals surface area contributed by atoms with Crippen molar-refractivity contribution < 1.29 is 4.74 Å². The monoisotopic (exact) mass is 295 g/mol. The van der Waals surface area contributed by atoms with Crippen LogP contribution in [0.5, 0.6) is 5.75 Å². The lowest BCUT2D eigenvalue weighted by atomic mass is 10.3. The third-order valence-electron chi connectivity index (χ3n) is 3.70. The molecule has 0 fully saturated rings. The first-order chi connectivity index (χ1) is 10.2. The van der Waals surface area contributed by atoms with E-state index < -0.39 is 0 Å². The topological polar surface area (TPSA) is 53.5 Å². The molecule has 0 spiro atoms. The van der Waals surface area contributed by atoms with Gasteiger partial charge in [-0.25, -0.2) is 9.97 Å². The van der Waals surface area contributed by atoms with Gasteiger partial charge < -0.3 is 19.9 Å². The van der Waals surface area contributed by atoms with Gasteiger partial charge in [0.25, 0.3) is 0 Å². The van der Waals surface area contributed by atoms with Gasteiger partial charge in [-0.05, 0) is 33.0 Å². The summed E-state index contributed by atoms with van der Waals surface area (Å²) in [7, 11) is 3.50. The van der Waals surface area contributed by atoms with E-state index >= 15 is 0 Å². The number of anilines is 2. The Morgan fingerprint density at radius 2 is 1.81 bits per heavy atom. The normalized spacial score (nSPS) is 10.8. The van der Waals surface area contributed by atoms with Gasteiger partial charge in [-0.3, -0.25) is 0 Å². The quantitative estimate of drug-likeness (QED) is 0.713. The van der Waals surface area contributed by atoms with Crippen molar-refractivity contribution >= 4 is 11.6 Å². The fraction of sp³-hybridized carbons (Fsp3) is 0.733. The first-order valence-electron chi connectivity index (χ1n) is 7.75. The van der Waals surface area contributed by atoms with Crippen LogP contribution in [0, 0.1) is 0 Å². The van der Waals surface area contributed by atoms with Crippen molar-refractivity contribution in [1.29, 1.82) is 0 Å². The molecular formula is C15H29N5O. The Kier molecular flexibility index (Phi) is 7.82. The fourth-order valence-corrected chi connectivity index (χ4v) is 2.39. The zero-order valence-corrected chi connectivity index (χ0v) is 14.0. The Morgan fingerprint density at radius 3 is 2.33 bits per heavy atom. The predicted octanol–water partition coefficient (Wildman–Crippen LogP) is 2.09. The molecule has 0 bridgehead atoms. The molecule has 6 heteroatoms. The summed E-state index contributed by atoms with van der Waals surface area (Å²) < 4.78 is 5.48.